The van der Waals surface area contributed by atoms with E-state index in [9.17, 15) is 24.4 Å². The first kappa shape index (κ1) is 14.9. The highest BCUT2D eigenvalue weighted by Gasteiger charge is 2.37. The lowest BCUT2D eigenvalue weighted by Gasteiger charge is -2.35. The Morgan fingerprint density at radius 3 is 2.53 bits per heavy atom. The molecule has 1 rings (SSSR count). The monoisotopic (exact) mass is 270 g/mol. The molecule has 104 valence electrons. The number of carboxylic acid groups (broad SMARTS) is 1. The molecule has 0 radical (unpaired) electrons. The van der Waals surface area contributed by atoms with E-state index in [1.165, 1.54) is 30.9 Å². The van der Waals surface area contributed by atoms with E-state index in [0.717, 1.165) is 6.07 Å². The molecule has 0 unspecified atom stereocenters. The molecule has 0 bridgehead atoms. The zero-order valence-electron chi connectivity index (χ0n) is 10.9. The van der Waals surface area contributed by atoms with Crippen LogP contribution in [0.5, 0.6) is 0 Å². The maximum atomic E-state index is 13.6. The number of aliphatic carboxylic acids is 1. The highest BCUT2D eigenvalue weighted by atomic mass is 19.1. The molecule has 0 aliphatic rings. The molecule has 1 aromatic carbocycles. The first-order chi connectivity index (χ1) is 8.73. The zero-order valence-corrected chi connectivity index (χ0v) is 10.9. The van der Waals surface area contributed by atoms with Crippen LogP contribution in [0.3, 0.4) is 0 Å². The Hall–Kier alpha value is -2.18. The van der Waals surface area contributed by atoms with Gasteiger partial charge in [0, 0.05) is 6.54 Å². The molecule has 0 heterocycles. The molecule has 0 aliphatic heterocycles. The van der Waals surface area contributed by atoms with Gasteiger partial charge in [0.25, 0.3) is 0 Å². The predicted molar refractivity (Wildman–Crippen MR) is 67.8 cm³/mol. The van der Waals surface area contributed by atoms with E-state index in [4.69, 9.17) is 0 Å². The molecule has 7 heteroatoms. The maximum absolute atomic E-state index is 13.6. The minimum absolute atomic E-state index is 0.0418. The molecule has 0 fully saturated rings. The third-order valence-corrected chi connectivity index (χ3v) is 2.95. The van der Waals surface area contributed by atoms with E-state index in [1.54, 1.807) is 6.92 Å². The van der Waals surface area contributed by atoms with Gasteiger partial charge in [0.05, 0.1) is 4.92 Å². The second-order valence-corrected chi connectivity index (χ2v) is 4.47. The van der Waals surface area contributed by atoms with Crippen LogP contribution in [-0.4, -0.2) is 28.1 Å². The number of hydrogen-bond donors (Lipinski definition) is 1. The summed E-state index contributed by atoms with van der Waals surface area (Å²) in [7, 11) is 0. The fourth-order valence-corrected chi connectivity index (χ4v) is 1.88. The highest BCUT2D eigenvalue weighted by molar-refractivity contribution is 5.84. The van der Waals surface area contributed by atoms with E-state index in [0.29, 0.717) is 0 Å². The normalized spacial score (nSPS) is 11.2. The molecule has 1 N–H and O–H groups in total. The average molecular weight is 270 g/mol. The van der Waals surface area contributed by atoms with Crippen LogP contribution >= 0.6 is 0 Å². The first-order valence-corrected chi connectivity index (χ1v) is 5.67. The molecule has 0 atom stereocenters. The van der Waals surface area contributed by atoms with Gasteiger partial charge in [-0.15, -0.1) is 0 Å². The number of benzene rings is 1. The summed E-state index contributed by atoms with van der Waals surface area (Å²) in [5.74, 6) is -2.13. The topological polar surface area (TPSA) is 83.7 Å². The van der Waals surface area contributed by atoms with Crippen molar-refractivity contribution in [3.63, 3.8) is 0 Å². The van der Waals surface area contributed by atoms with Crippen LogP contribution in [0, 0.1) is 15.9 Å². The summed E-state index contributed by atoms with van der Waals surface area (Å²) >= 11 is 0. The molecule has 1 aromatic rings. The lowest BCUT2D eigenvalue weighted by Crippen LogP contribution is -2.50. The van der Waals surface area contributed by atoms with Crippen molar-refractivity contribution in [3.05, 3.63) is 34.1 Å². The number of likely N-dealkylation sites (N-methyl/N-ethyl adjacent to an activating group) is 1. The Morgan fingerprint density at radius 2 is 2.11 bits per heavy atom. The van der Waals surface area contributed by atoms with Crippen molar-refractivity contribution in [1.29, 1.82) is 0 Å². The van der Waals surface area contributed by atoms with Crippen LogP contribution in [0.25, 0.3) is 0 Å². The van der Waals surface area contributed by atoms with Crippen molar-refractivity contribution in [2.75, 3.05) is 11.4 Å². The smallest absolute Gasteiger partial charge is 0.328 e. The predicted octanol–water partition coefficient (Wildman–Crippen LogP) is 2.42. The summed E-state index contributed by atoms with van der Waals surface area (Å²) in [4.78, 5) is 22.7. The number of nitro benzene ring substituents is 1. The number of halogens is 1. The summed E-state index contributed by atoms with van der Waals surface area (Å²) in [5, 5.41) is 20.1. The Balaban J connectivity index is 3.47. The molecule has 0 saturated carbocycles. The van der Waals surface area contributed by atoms with Gasteiger partial charge in [0.15, 0.2) is 0 Å². The lowest BCUT2D eigenvalue weighted by molar-refractivity contribution is -0.386. The van der Waals surface area contributed by atoms with Crippen molar-refractivity contribution in [3.8, 4) is 0 Å². The maximum Gasteiger partial charge on any atom is 0.328 e. The Labute approximate surface area is 109 Å². The number of rotatable bonds is 5. The number of hydrogen-bond acceptors (Lipinski definition) is 4. The van der Waals surface area contributed by atoms with Crippen LogP contribution in [0.4, 0.5) is 15.8 Å². The largest absolute Gasteiger partial charge is 0.480 e. The molecule has 0 aliphatic carbocycles. The fourth-order valence-electron chi connectivity index (χ4n) is 1.88. The van der Waals surface area contributed by atoms with Gasteiger partial charge in [-0.3, -0.25) is 10.1 Å². The van der Waals surface area contributed by atoms with Crippen molar-refractivity contribution in [2.45, 2.75) is 26.3 Å². The fraction of sp³-hybridized carbons (Fsp3) is 0.417. The van der Waals surface area contributed by atoms with E-state index < -0.39 is 27.9 Å². The zero-order chi connectivity index (χ0) is 14.8. The molecule has 0 spiro atoms. The van der Waals surface area contributed by atoms with Crippen molar-refractivity contribution in [2.24, 2.45) is 0 Å². The van der Waals surface area contributed by atoms with Gasteiger partial charge in [-0.2, -0.15) is 4.39 Å². The Bertz CT molecular complexity index is 516. The number of para-hydroxylation sites is 1. The number of carbonyl (C=O) groups is 1. The second kappa shape index (κ2) is 5.21. The van der Waals surface area contributed by atoms with E-state index in [2.05, 4.69) is 0 Å². The highest BCUT2D eigenvalue weighted by Crippen LogP contribution is 2.34. The molecular formula is C12H15FN2O4. The van der Waals surface area contributed by atoms with Crippen molar-refractivity contribution >= 4 is 17.3 Å². The van der Waals surface area contributed by atoms with Crippen LogP contribution in [0.2, 0.25) is 0 Å². The number of nitro groups is 1. The van der Waals surface area contributed by atoms with Gasteiger partial charge in [0.2, 0.25) is 5.82 Å². The summed E-state index contributed by atoms with van der Waals surface area (Å²) in [6.45, 7) is 4.67. The SMILES string of the molecule is CCN(c1cccc(F)c1[N+](=O)[O-])C(C)(C)C(=O)O. The molecule has 0 saturated heterocycles. The number of nitrogens with zero attached hydrogens (tertiary/aromatic N) is 2. The van der Waals surface area contributed by atoms with Crippen molar-refractivity contribution < 1.29 is 19.2 Å². The third-order valence-electron chi connectivity index (χ3n) is 2.95. The third kappa shape index (κ3) is 2.64. The number of anilines is 1. The minimum atomic E-state index is -1.38. The van der Waals surface area contributed by atoms with Crippen molar-refractivity contribution in [1.82, 2.24) is 0 Å². The molecule has 6 nitrogen and oxygen atoms in total. The number of carboxylic acids is 1. The summed E-state index contributed by atoms with van der Waals surface area (Å²) in [6, 6.07) is 3.64. The van der Waals surface area contributed by atoms with Gasteiger partial charge in [0.1, 0.15) is 11.2 Å². The molecule has 0 aromatic heterocycles. The van der Waals surface area contributed by atoms with Crippen LogP contribution in [-0.2, 0) is 4.79 Å². The van der Waals surface area contributed by atoms with Gasteiger partial charge in [-0.25, -0.2) is 4.79 Å². The first-order valence-electron chi connectivity index (χ1n) is 5.67. The second-order valence-electron chi connectivity index (χ2n) is 4.47. The lowest BCUT2D eigenvalue weighted by atomic mass is 10.0. The Kier molecular flexibility index (Phi) is 4.08. The van der Waals surface area contributed by atoms with E-state index >= 15 is 0 Å². The van der Waals surface area contributed by atoms with Crippen LogP contribution in [0.15, 0.2) is 18.2 Å². The summed E-state index contributed by atoms with van der Waals surface area (Å²) in [5.41, 5.74) is -2.13. The summed E-state index contributed by atoms with van der Waals surface area (Å²) < 4.78 is 13.6. The van der Waals surface area contributed by atoms with Crippen LogP contribution < -0.4 is 4.90 Å². The quantitative estimate of drug-likeness (QED) is 0.656. The Morgan fingerprint density at radius 1 is 1.53 bits per heavy atom. The average Bonchev–Trinajstić information content (AvgIpc) is 2.28. The van der Waals surface area contributed by atoms with Gasteiger partial charge >= 0.3 is 11.7 Å². The molecule has 19 heavy (non-hydrogen) atoms. The molecule has 0 amide bonds. The van der Waals surface area contributed by atoms with Gasteiger partial charge in [-0.05, 0) is 32.9 Å². The van der Waals surface area contributed by atoms with Crippen LogP contribution in [0.1, 0.15) is 20.8 Å². The summed E-state index contributed by atoms with van der Waals surface area (Å²) in [6.07, 6.45) is 0. The molecular weight excluding hydrogens is 255 g/mol. The van der Waals surface area contributed by atoms with Gasteiger partial charge < -0.3 is 10.0 Å². The minimum Gasteiger partial charge on any atom is -0.480 e. The van der Waals surface area contributed by atoms with Gasteiger partial charge in [-0.1, -0.05) is 6.07 Å². The standard InChI is InChI=1S/C12H15FN2O4/c1-4-14(12(2,3)11(16)17)9-7-5-6-8(13)10(9)15(18)19/h5-7H,4H2,1-3H3,(H,16,17). The van der Waals surface area contributed by atoms with E-state index in [-0.39, 0.29) is 12.2 Å². The van der Waals surface area contributed by atoms with E-state index in [1.807, 2.05) is 0 Å².